The summed E-state index contributed by atoms with van der Waals surface area (Å²) in [5, 5.41) is 4.89. The van der Waals surface area contributed by atoms with Crippen LogP contribution in [-0.4, -0.2) is 35.4 Å². The molecule has 0 aliphatic carbocycles. The molecular weight excluding hydrogens is 256 g/mol. The molecular formula is C11H26N2O2S2. The van der Waals surface area contributed by atoms with Crippen molar-refractivity contribution in [1.82, 2.24) is 10.6 Å². The van der Waals surface area contributed by atoms with E-state index in [0.717, 1.165) is 0 Å². The number of hydrogen-bond donors (Lipinski definition) is 4. The summed E-state index contributed by atoms with van der Waals surface area (Å²) in [7, 11) is 0. The van der Waals surface area contributed by atoms with Gasteiger partial charge in [0.15, 0.2) is 0 Å². The Hall–Kier alpha value is -0.360. The summed E-state index contributed by atoms with van der Waals surface area (Å²) in [6.07, 6.45) is 0. The average molecular weight is 282 g/mol. The van der Waals surface area contributed by atoms with Crippen LogP contribution in [0.1, 0.15) is 35.1 Å². The summed E-state index contributed by atoms with van der Waals surface area (Å²) >= 11 is 7.83. The Bertz CT molecular complexity index is 188. The maximum atomic E-state index is 10.6. The molecule has 0 saturated heterocycles. The maximum absolute atomic E-state index is 10.6. The Morgan fingerprint density at radius 1 is 0.941 bits per heavy atom. The topological polar surface area (TPSA) is 58.2 Å². The van der Waals surface area contributed by atoms with Crippen LogP contribution in [0.3, 0.4) is 0 Å². The highest BCUT2D eigenvalue weighted by Gasteiger charge is 2.03. The SMILES string of the molecule is C.CCNC(=O)[C@@H](C)S.CCNC(=O)[C@H](C)S. The first kappa shape index (κ1) is 21.9. The summed E-state index contributed by atoms with van der Waals surface area (Å²) in [5.74, 6) is -0.00772. The summed E-state index contributed by atoms with van der Waals surface area (Å²) < 4.78 is 0. The number of hydrogen-bond acceptors (Lipinski definition) is 4. The van der Waals surface area contributed by atoms with Gasteiger partial charge in [-0.1, -0.05) is 7.43 Å². The van der Waals surface area contributed by atoms with Gasteiger partial charge in [-0.3, -0.25) is 9.59 Å². The van der Waals surface area contributed by atoms with Crippen molar-refractivity contribution in [2.45, 2.75) is 45.6 Å². The minimum absolute atomic E-state index is 0. The van der Waals surface area contributed by atoms with Crippen LogP contribution in [0.4, 0.5) is 0 Å². The molecule has 2 amide bonds. The molecule has 0 unspecified atom stereocenters. The van der Waals surface area contributed by atoms with Crippen LogP contribution in [0.15, 0.2) is 0 Å². The third-order valence-electron chi connectivity index (χ3n) is 1.46. The van der Waals surface area contributed by atoms with E-state index < -0.39 is 0 Å². The highest BCUT2D eigenvalue weighted by molar-refractivity contribution is 7.82. The summed E-state index contributed by atoms with van der Waals surface area (Å²) in [6.45, 7) is 8.62. The summed E-state index contributed by atoms with van der Waals surface area (Å²) in [4.78, 5) is 21.1. The van der Waals surface area contributed by atoms with Gasteiger partial charge in [-0.15, -0.1) is 0 Å². The van der Waals surface area contributed by atoms with Gasteiger partial charge in [-0.2, -0.15) is 25.3 Å². The molecule has 0 aliphatic heterocycles. The zero-order valence-electron chi connectivity index (χ0n) is 10.3. The van der Waals surface area contributed by atoms with Crippen LogP contribution in [0.25, 0.3) is 0 Å². The average Bonchev–Trinajstić information content (AvgIpc) is 2.19. The second kappa shape index (κ2) is 13.7. The lowest BCUT2D eigenvalue weighted by Crippen LogP contribution is -2.29. The summed E-state index contributed by atoms with van der Waals surface area (Å²) in [6, 6.07) is 0. The van der Waals surface area contributed by atoms with E-state index in [1.54, 1.807) is 13.8 Å². The molecule has 2 N–H and O–H groups in total. The highest BCUT2D eigenvalue weighted by atomic mass is 32.1. The van der Waals surface area contributed by atoms with Crippen molar-refractivity contribution in [2.75, 3.05) is 13.1 Å². The predicted octanol–water partition coefficient (Wildman–Crippen LogP) is 1.52. The standard InChI is InChI=1S/2C5H11NOS.CH4/c2*1-3-6-5(7)4(2)8;/h2*4,8H,3H2,1-2H3,(H,6,7);1H4/t2*4-;/m10./s1. The first-order chi connectivity index (χ1) is 7.36. The third kappa shape index (κ3) is 15.6. The number of rotatable bonds is 4. The Morgan fingerprint density at radius 3 is 1.24 bits per heavy atom. The van der Waals surface area contributed by atoms with Gasteiger partial charge in [-0.05, 0) is 27.7 Å². The number of carbonyl (C=O) groups is 2. The maximum Gasteiger partial charge on any atom is 0.232 e. The van der Waals surface area contributed by atoms with Gasteiger partial charge < -0.3 is 10.6 Å². The fourth-order valence-electron chi connectivity index (χ4n) is 0.644. The van der Waals surface area contributed by atoms with Gasteiger partial charge in [-0.25, -0.2) is 0 Å². The number of nitrogens with one attached hydrogen (secondary N) is 2. The van der Waals surface area contributed by atoms with Gasteiger partial charge in [0.2, 0.25) is 11.8 Å². The van der Waals surface area contributed by atoms with Crippen molar-refractivity contribution in [2.24, 2.45) is 0 Å². The van der Waals surface area contributed by atoms with Crippen molar-refractivity contribution in [3.8, 4) is 0 Å². The van der Waals surface area contributed by atoms with E-state index in [9.17, 15) is 9.59 Å². The molecule has 0 aromatic carbocycles. The van der Waals surface area contributed by atoms with E-state index in [-0.39, 0.29) is 29.7 Å². The Morgan fingerprint density at radius 2 is 1.18 bits per heavy atom. The van der Waals surface area contributed by atoms with Crippen LogP contribution >= 0.6 is 25.3 Å². The van der Waals surface area contributed by atoms with E-state index in [4.69, 9.17) is 0 Å². The molecule has 0 aliphatic rings. The van der Waals surface area contributed by atoms with Crippen LogP contribution in [0.2, 0.25) is 0 Å². The molecule has 17 heavy (non-hydrogen) atoms. The van der Waals surface area contributed by atoms with Gasteiger partial charge in [0.25, 0.3) is 0 Å². The van der Waals surface area contributed by atoms with Crippen molar-refractivity contribution < 1.29 is 9.59 Å². The first-order valence-electron chi connectivity index (χ1n) is 5.28. The van der Waals surface area contributed by atoms with Crippen molar-refractivity contribution in [1.29, 1.82) is 0 Å². The minimum atomic E-state index is -0.185. The molecule has 0 spiro atoms. The largest absolute Gasteiger partial charge is 0.355 e. The van der Waals surface area contributed by atoms with Gasteiger partial charge >= 0.3 is 0 Å². The molecule has 0 rings (SSSR count). The van der Waals surface area contributed by atoms with Gasteiger partial charge in [0, 0.05) is 13.1 Å². The van der Waals surface area contributed by atoms with E-state index in [0.29, 0.717) is 13.1 Å². The fraction of sp³-hybridized carbons (Fsp3) is 0.818. The zero-order chi connectivity index (χ0) is 13.1. The smallest absolute Gasteiger partial charge is 0.232 e. The van der Waals surface area contributed by atoms with Crippen LogP contribution in [0.5, 0.6) is 0 Å². The van der Waals surface area contributed by atoms with Crippen LogP contribution < -0.4 is 10.6 Å². The number of carbonyl (C=O) groups excluding carboxylic acids is 2. The molecule has 0 radical (unpaired) electrons. The normalized spacial score (nSPS) is 12.1. The lowest BCUT2D eigenvalue weighted by Gasteiger charge is -2.01. The number of thiol groups is 2. The second-order valence-electron chi connectivity index (χ2n) is 3.14. The Balaban J connectivity index is -0.000000218. The Kier molecular flexibility index (Phi) is 17.6. The molecule has 2 atom stereocenters. The molecule has 6 heteroatoms. The molecule has 0 aromatic heterocycles. The molecule has 0 saturated carbocycles. The zero-order valence-corrected chi connectivity index (χ0v) is 12.1. The second-order valence-corrected chi connectivity index (χ2v) is 4.69. The minimum Gasteiger partial charge on any atom is -0.355 e. The predicted molar refractivity (Wildman–Crippen MR) is 81.0 cm³/mol. The fourth-order valence-corrected chi connectivity index (χ4v) is 0.826. The van der Waals surface area contributed by atoms with Gasteiger partial charge in [0.1, 0.15) is 0 Å². The summed E-state index contributed by atoms with van der Waals surface area (Å²) in [5.41, 5.74) is 0. The lowest BCUT2D eigenvalue weighted by molar-refractivity contribution is -0.120. The van der Waals surface area contributed by atoms with Crippen molar-refractivity contribution in [3.05, 3.63) is 0 Å². The van der Waals surface area contributed by atoms with E-state index >= 15 is 0 Å². The highest BCUT2D eigenvalue weighted by Crippen LogP contribution is 1.90. The third-order valence-corrected chi connectivity index (χ3v) is 1.93. The molecule has 0 bridgehead atoms. The molecule has 4 nitrogen and oxygen atoms in total. The van der Waals surface area contributed by atoms with Gasteiger partial charge in [0.05, 0.1) is 10.5 Å². The quantitative estimate of drug-likeness (QED) is 0.591. The Labute approximate surface area is 116 Å². The molecule has 0 fully saturated rings. The van der Waals surface area contributed by atoms with Crippen molar-refractivity contribution in [3.63, 3.8) is 0 Å². The van der Waals surface area contributed by atoms with E-state index in [2.05, 4.69) is 35.9 Å². The van der Waals surface area contributed by atoms with Crippen LogP contribution in [0, 0.1) is 0 Å². The lowest BCUT2D eigenvalue weighted by atomic mass is 10.4. The first-order valence-corrected chi connectivity index (χ1v) is 6.31. The van der Waals surface area contributed by atoms with Crippen molar-refractivity contribution >= 4 is 37.1 Å². The monoisotopic (exact) mass is 282 g/mol. The molecule has 0 heterocycles. The molecule has 0 aromatic rings. The number of amides is 2. The van der Waals surface area contributed by atoms with Crippen LogP contribution in [-0.2, 0) is 9.59 Å². The molecule has 104 valence electrons. The van der Waals surface area contributed by atoms with E-state index in [1.807, 2.05) is 13.8 Å². The van der Waals surface area contributed by atoms with E-state index in [1.165, 1.54) is 0 Å².